The molecule has 0 radical (unpaired) electrons. The second-order valence-corrected chi connectivity index (χ2v) is 8.26. The van der Waals surface area contributed by atoms with Gasteiger partial charge in [-0.3, -0.25) is 4.79 Å². The Hall–Kier alpha value is -1.35. The van der Waals surface area contributed by atoms with Crippen molar-refractivity contribution in [1.82, 2.24) is 4.90 Å². The summed E-state index contributed by atoms with van der Waals surface area (Å²) in [6, 6.07) is -0.203. The third-order valence-corrected chi connectivity index (χ3v) is 6.51. The number of carbonyl (C=O) groups excluding carboxylic acids is 2. The molecule has 1 amide bonds. The lowest BCUT2D eigenvalue weighted by molar-refractivity contribution is -0.305. The molecule has 0 aromatic heterocycles. The fourth-order valence-corrected chi connectivity index (χ4v) is 6.34. The minimum Gasteiger partial charge on any atom is -0.550 e. The number of hydrogen-bond acceptors (Lipinski definition) is 6. The van der Waals surface area contributed by atoms with Gasteiger partial charge in [-0.05, 0) is 6.42 Å². The molecule has 2 saturated heterocycles. The average molecular weight is 331 g/mol. The van der Waals surface area contributed by atoms with Gasteiger partial charge in [0.05, 0.1) is 17.5 Å². The number of carboxylic acids is 1. The molecule has 0 aliphatic carbocycles. The Kier molecular flexibility index (Phi) is 4.72. The largest absolute Gasteiger partial charge is 0.550 e. The lowest BCUT2D eigenvalue weighted by atomic mass is 10.2. The maximum absolute atomic E-state index is 11.7. The number of amides is 1. The van der Waals surface area contributed by atoms with Gasteiger partial charge in [0, 0.05) is 24.2 Å². The topological polar surface area (TPSA) is 107 Å². The van der Waals surface area contributed by atoms with Crippen molar-refractivity contribution in [2.24, 2.45) is 4.99 Å². The first-order valence-electron chi connectivity index (χ1n) is 6.38. The van der Waals surface area contributed by atoms with Gasteiger partial charge in [0.2, 0.25) is 5.91 Å². The van der Waals surface area contributed by atoms with E-state index in [0.717, 1.165) is 0 Å². The second kappa shape index (κ2) is 6.18. The van der Waals surface area contributed by atoms with E-state index in [-0.39, 0.29) is 35.6 Å². The lowest BCUT2D eigenvalue weighted by Gasteiger charge is -2.22. The Morgan fingerprint density at radius 2 is 2.14 bits per heavy atom. The molecular formula is C12H15N2O5S2-. The molecule has 21 heavy (non-hydrogen) atoms. The zero-order chi connectivity index (χ0) is 15.6. The number of rotatable bonds is 5. The first-order chi connectivity index (χ1) is 9.82. The minimum absolute atomic E-state index is 0.0464. The van der Waals surface area contributed by atoms with Crippen LogP contribution in [0.25, 0.3) is 0 Å². The molecule has 0 aromatic rings. The molecule has 2 fully saturated rings. The van der Waals surface area contributed by atoms with Crippen LogP contribution in [0, 0.1) is 0 Å². The quantitative estimate of drug-likeness (QED) is 0.582. The standard InChI is InChI=1S/C12H16N2O5S2/c1-2-5-14-8-6-21(18,19)7-9(8)20-12(14)13-10(15)3-4-11(16)17/h2,8-9H,1,3-7H2,(H,16,17)/p-1/t8-,9+/m0/s1. The second-order valence-electron chi connectivity index (χ2n) is 4.90. The number of sulfone groups is 1. The van der Waals surface area contributed by atoms with Crippen molar-refractivity contribution in [3.8, 4) is 0 Å². The predicted molar refractivity (Wildman–Crippen MR) is 77.4 cm³/mol. The molecular weight excluding hydrogens is 316 g/mol. The average Bonchev–Trinajstić information content (AvgIpc) is 2.81. The summed E-state index contributed by atoms with van der Waals surface area (Å²) in [5, 5.41) is 10.6. The Morgan fingerprint density at radius 1 is 1.43 bits per heavy atom. The molecule has 0 unspecified atom stereocenters. The zero-order valence-corrected chi connectivity index (χ0v) is 12.9. The van der Waals surface area contributed by atoms with Gasteiger partial charge >= 0.3 is 0 Å². The van der Waals surface area contributed by atoms with Crippen LogP contribution >= 0.6 is 11.8 Å². The van der Waals surface area contributed by atoms with E-state index >= 15 is 0 Å². The van der Waals surface area contributed by atoms with Crippen LogP contribution < -0.4 is 5.11 Å². The number of amidine groups is 1. The number of carbonyl (C=O) groups is 2. The van der Waals surface area contributed by atoms with Gasteiger partial charge in [0.15, 0.2) is 15.0 Å². The third kappa shape index (κ3) is 3.85. The Bertz CT molecular complexity index is 599. The summed E-state index contributed by atoms with van der Waals surface area (Å²) < 4.78 is 23.3. The first-order valence-corrected chi connectivity index (χ1v) is 9.08. The smallest absolute Gasteiger partial charge is 0.248 e. The van der Waals surface area contributed by atoms with Crippen LogP contribution in [-0.2, 0) is 19.4 Å². The number of aliphatic carboxylic acids is 1. The maximum atomic E-state index is 11.7. The van der Waals surface area contributed by atoms with Gasteiger partial charge in [0.25, 0.3) is 0 Å². The van der Waals surface area contributed by atoms with E-state index in [1.165, 1.54) is 11.8 Å². The number of carboxylic acid groups (broad SMARTS) is 1. The van der Waals surface area contributed by atoms with E-state index in [0.29, 0.717) is 11.7 Å². The summed E-state index contributed by atoms with van der Waals surface area (Å²) in [7, 11) is -3.05. The summed E-state index contributed by atoms with van der Waals surface area (Å²) in [5.41, 5.74) is 0. The van der Waals surface area contributed by atoms with Crippen molar-refractivity contribution < 1.29 is 23.1 Å². The van der Waals surface area contributed by atoms with Crippen molar-refractivity contribution >= 4 is 38.6 Å². The summed E-state index contributed by atoms with van der Waals surface area (Å²) in [4.78, 5) is 27.6. The molecule has 2 atom stereocenters. The molecule has 0 N–H and O–H groups in total. The lowest BCUT2D eigenvalue weighted by Crippen LogP contribution is -2.37. The van der Waals surface area contributed by atoms with Crippen molar-refractivity contribution in [1.29, 1.82) is 0 Å². The van der Waals surface area contributed by atoms with Gasteiger partial charge < -0.3 is 14.8 Å². The molecule has 2 aliphatic heterocycles. The summed E-state index contributed by atoms with van der Waals surface area (Å²) >= 11 is 1.26. The molecule has 2 rings (SSSR count). The van der Waals surface area contributed by atoms with E-state index in [4.69, 9.17) is 0 Å². The molecule has 9 heteroatoms. The van der Waals surface area contributed by atoms with Crippen molar-refractivity contribution in [2.45, 2.75) is 24.1 Å². The van der Waals surface area contributed by atoms with Gasteiger partial charge in [-0.2, -0.15) is 4.99 Å². The van der Waals surface area contributed by atoms with Crippen molar-refractivity contribution in [3.63, 3.8) is 0 Å². The van der Waals surface area contributed by atoms with Crippen LogP contribution in [0.2, 0.25) is 0 Å². The van der Waals surface area contributed by atoms with E-state index in [9.17, 15) is 23.1 Å². The highest BCUT2D eigenvalue weighted by molar-refractivity contribution is 8.15. The number of aliphatic imine (C=N–C) groups is 1. The van der Waals surface area contributed by atoms with Crippen LogP contribution in [0.5, 0.6) is 0 Å². The number of fused-ring (bicyclic) bond motifs is 1. The van der Waals surface area contributed by atoms with Crippen molar-refractivity contribution in [2.75, 3.05) is 18.1 Å². The Labute approximate surface area is 127 Å². The molecule has 2 heterocycles. The van der Waals surface area contributed by atoms with Crippen molar-refractivity contribution in [3.05, 3.63) is 12.7 Å². The van der Waals surface area contributed by atoms with Gasteiger partial charge in [-0.25, -0.2) is 8.42 Å². The molecule has 2 aliphatic rings. The van der Waals surface area contributed by atoms with Crippen LogP contribution in [0.1, 0.15) is 12.8 Å². The molecule has 0 saturated carbocycles. The number of nitrogens with zero attached hydrogens (tertiary/aromatic N) is 2. The molecule has 0 spiro atoms. The first kappa shape index (κ1) is 16.0. The maximum Gasteiger partial charge on any atom is 0.248 e. The number of hydrogen-bond donors (Lipinski definition) is 0. The van der Waals surface area contributed by atoms with Gasteiger partial charge in [0.1, 0.15) is 0 Å². The van der Waals surface area contributed by atoms with E-state index < -0.39 is 21.7 Å². The fraction of sp³-hybridized carbons (Fsp3) is 0.583. The predicted octanol–water partition coefficient (Wildman–Crippen LogP) is -1.20. The van der Waals surface area contributed by atoms with Crippen LogP contribution in [0.4, 0.5) is 0 Å². The highest BCUT2D eigenvalue weighted by atomic mass is 32.2. The van der Waals surface area contributed by atoms with E-state index in [2.05, 4.69) is 11.6 Å². The third-order valence-electron chi connectivity index (χ3n) is 3.26. The monoisotopic (exact) mass is 331 g/mol. The summed E-state index contributed by atoms with van der Waals surface area (Å²) in [6.45, 7) is 4.02. The number of thioether (sulfide) groups is 1. The molecule has 0 bridgehead atoms. The highest BCUT2D eigenvalue weighted by Gasteiger charge is 2.48. The molecule has 116 valence electrons. The van der Waals surface area contributed by atoms with Crippen LogP contribution in [0.3, 0.4) is 0 Å². The van der Waals surface area contributed by atoms with E-state index in [1.54, 1.807) is 11.0 Å². The summed E-state index contributed by atoms with van der Waals surface area (Å²) in [5.74, 6) is -1.72. The highest BCUT2D eigenvalue weighted by Crippen LogP contribution is 2.37. The summed E-state index contributed by atoms with van der Waals surface area (Å²) in [6.07, 6.45) is 1.03. The van der Waals surface area contributed by atoms with Gasteiger partial charge in [-0.1, -0.05) is 17.8 Å². The minimum atomic E-state index is -3.05. The molecule has 0 aromatic carbocycles. The van der Waals surface area contributed by atoms with Crippen LogP contribution in [0.15, 0.2) is 17.6 Å². The normalized spacial score (nSPS) is 28.6. The van der Waals surface area contributed by atoms with E-state index in [1.807, 2.05) is 0 Å². The molecule has 7 nitrogen and oxygen atoms in total. The van der Waals surface area contributed by atoms with Crippen LogP contribution in [-0.4, -0.2) is 59.7 Å². The SMILES string of the molecule is C=CCN1C(=NC(=O)CCC(=O)[O-])S[C@@H]2CS(=O)(=O)C[C@@H]21. The van der Waals surface area contributed by atoms with Gasteiger partial charge in [-0.15, -0.1) is 6.58 Å². The Balaban J connectivity index is 2.12. The zero-order valence-electron chi connectivity index (χ0n) is 11.2. The fourth-order valence-electron chi connectivity index (χ4n) is 2.36. The Morgan fingerprint density at radius 3 is 2.76 bits per heavy atom.